The van der Waals surface area contributed by atoms with E-state index in [0.717, 1.165) is 12.8 Å². The topological polar surface area (TPSA) is 43.8 Å². The van der Waals surface area contributed by atoms with Gasteiger partial charge in [-0.1, -0.05) is 12.8 Å². The molecular formula is C14H23F3N2O2. The number of rotatable bonds is 3. The van der Waals surface area contributed by atoms with Gasteiger partial charge in [0, 0.05) is 25.7 Å². The van der Waals surface area contributed by atoms with E-state index in [1.807, 2.05) is 0 Å². The van der Waals surface area contributed by atoms with Gasteiger partial charge in [0.1, 0.15) is 0 Å². The van der Waals surface area contributed by atoms with E-state index in [0.29, 0.717) is 25.9 Å². The van der Waals surface area contributed by atoms with E-state index in [1.165, 1.54) is 4.90 Å². The largest absolute Gasteiger partial charge is 0.401 e. The van der Waals surface area contributed by atoms with Crippen molar-refractivity contribution in [1.82, 2.24) is 9.80 Å². The van der Waals surface area contributed by atoms with Crippen LogP contribution in [0.5, 0.6) is 0 Å². The van der Waals surface area contributed by atoms with Crippen LogP contribution >= 0.6 is 0 Å². The maximum atomic E-state index is 12.4. The lowest BCUT2D eigenvalue weighted by atomic mass is 9.97. The van der Waals surface area contributed by atoms with Gasteiger partial charge in [0.25, 0.3) is 0 Å². The van der Waals surface area contributed by atoms with Gasteiger partial charge in [-0.15, -0.1) is 0 Å². The van der Waals surface area contributed by atoms with E-state index >= 15 is 0 Å². The molecule has 1 saturated carbocycles. The molecule has 1 heterocycles. The van der Waals surface area contributed by atoms with Crippen LogP contribution in [-0.2, 0) is 4.79 Å². The summed E-state index contributed by atoms with van der Waals surface area (Å²) in [5.41, 5.74) is -0.899. The molecule has 0 spiro atoms. The quantitative estimate of drug-likeness (QED) is 0.864. The first-order valence-corrected chi connectivity index (χ1v) is 7.49. The summed E-state index contributed by atoms with van der Waals surface area (Å²) in [4.78, 5) is 15.2. The molecule has 1 N–H and O–H groups in total. The van der Waals surface area contributed by atoms with Crippen LogP contribution in [0.15, 0.2) is 0 Å². The second-order valence-electron chi connectivity index (χ2n) is 6.38. The molecule has 7 heteroatoms. The highest BCUT2D eigenvalue weighted by molar-refractivity contribution is 5.77. The Morgan fingerprint density at radius 2 is 1.90 bits per heavy atom. The molecule has 0 aromatic rings. The van der Waals surface area contributed by atoms with Gasteiger partial charge in [0.05, 0.1) is 18.6 Å². The highest BCUT2D eigenvalue weighted by Gasteiger charge is 2.38. The van der Waals surface area contributed by atoms with Crippen molar-refractivity contribution in [2.45, 2.75) is 56.8 Å². The number of carbonyl (C=O) groups is 1. The van der Waals surface area contributed by atoms with Crippen LogP contribution in [0.3, 0.4) is 0 Å². The Bertz CT molecular complexity index is 381. The fraction of sp³-hybridized carbons (Fsp3) is 0.929. The van der Waals surface area contributed by atoms with Gasteiger partial charge in [0.15, 0.2) is 0 Å². The van der Waals surface area contributed by atoms with Crippen LogP contribution in [0.2, 0.25) is 0 Å². The first-order chi connectivity index (χ1) is 9.69. The first kappa shape index (κ1) is 16.5. The molecule has 1 aliphatic carbocycles. The Morgan fingerprint density at radius 3 is 2.43 bits per heavy atom. The SMILES string of the molecule is CC1CN(C(=O)CC2(O)CCCC2)CCN1CC(F)(F)F. The fourth-order valence-electron chi connectivity index (χ4n) is 3.29. The average molecular weight is 308 g/mol. The third-order valence-corrected chi connectivity index (χ3v) is 4.51. The molecule has 1 saturated heterocycles. The average Bonchev–Trinajstić information content (AvgIpc) is 2.76. The maximum Gasteiger partial charge on any atom is 0.401 e. The van der Waals surface area contributed by atoms with Crippen molar-refractivity contribution in [3.8, 4) is 0 Å². The zero-order chi connectivity index (χ0) is 15.7. The van der Waals surface area contributed by atoms with E-state index in [1.54, 1.807) is 11.8 Å². The predicted molar refractivity (Wildman–Crippen MR) is 71.7 cm³/mol. The predicted octanol–water partition coefficient (Wildman–Crippen LogP) is 1.78. The highest BCUT2D eigenvalue weighted by atomic mass is 19.4. The molecule has 1 aliphatic heterocycles. The summed E-state index contributed by atoms with van der Waals surface area (Å²) in [5, 5.41) is 10.3. The van der Waals surface area contributed by atoms with Gasteiger partial charge in [0.2, 0.25) is 5.91 Å². The van der Waals surface area contributed by atoms with Crippen molar-refractivity contribution in [3.63, 3.8) is 0 Å². The number of nitrogens with zero attached hydrogens (tertiary/aromatic N) is 2. The molecule has 4 nitrogen and oxygen atoms in total. The Morgan fingerprint density at radius 1 is 1.29 bits per heavy atom. The molecule has 0 aromatic carbocycles. The number of hydrogen-bond donors (Lipinski definition) is 1. The number of hydrogen-bond acceptors (Lipinski definition) is 3. The Labute approximate surface area is 122 Å². The second-order valence-corrected chi connectivity index (χ2v) is 6.38. The lowest BCUT2D eigenvalue weighted by Crippen LogP contribution is -2.56. The number of piperazine rings is 1. The van der Waals surface area contributed by atoms with E-state index < -0.39 is 18.3 Å². The third kappa shape index (κ3) is 4.57. The van der Waals surface area contributed by atoms with Gasteiger partial charge in [-0.3, -0.25) is 9.69 Å². The van der Waals surface area contributed by atoms with Crippen molar-refractivity contribution >= 4 is 5.91 Å². The van der Waals surface area contributed by atoms with Crippen LogP contribution in [0.25, 0.3) is 0 Å². The molecule has 2 aliphatic rings. The van der Waals surface area contributed by atoms with Gasteiger partial charge in [-0.2, -0.15) is 13.2 Å². The molecule has 2 rings (SSSR count). The number of halogens is 3. The van der Waals surface area contributed by atoms with Crippen molar-refractivity contribution in [2.24, 2.45) is 0 Å². The highest BCUT2D eigenvalue weighted by Crippen LogP contribution is 2.33. The Kier molecular flexibility index (Phi) is 4.82. The molecule has 21 heavy (non-hydrogen) atoms. The summed E-state index contributed by atoms with van der Waals surface area (Å²) in [6.07, 6.45) is -0.970. The minimum atomic E-state index is -4.21. The zero-order valence-corrected chi connectivity index (χ0v) is 12.3. The van der Waals surface area contributed by atoms with E-state index in [4.69, 9.17) is 0 Å². The summed E-state index contributed by atoms with van der Waals surface area (Å²) < 4.78 is 37.3. The summed E-state index contributed by atoms with van der Waals surface area (Å²) in [7, 11) is 0. The Balaban J connectivity index is 1.85. The van der Waals surface area contributed by atoms with Crippen LogP contribution in [0.1, 0.15) is 39.0 Å². The molecule has 122 valence electrons. The molecule has 2 fully saturated rings. The van der Waals surface area contributed by atoms with Crippen molar-refractivity contribution in [2.75, 3.05) is 26.2 Å². The Hall–Kier alpha value is -0.820. The minimum Gasteiger partial charge on any atom is -0.389 e. The van der Waals surface area contributed by atoms with Gasteiger partial charge in [-0.05, 0) is 19.8 Å². The molecule has 0 bridgehead atoms. The van der Waals surface area contributed by atoms with Crippen LogP contribution in [0, 0.1) is 0 Å². The molecule has 1 amide bonds. The first-order valence-electron chi connectivity index (χ1n) is 7.49. The summed E-state index contributed by atoms with van der Waals surface area (Å²) >= 11 is 0. The standard InChI is InChI=1S/C14H23F3N2O2/c1-11-9-18(6-7-19(11)10-14(15,16)17)12(20)8-13(21)4-2-3-5-13/h11,21H,2-10H2,1H3. The number of carbonyl (C=O) groups excluding carboxylic acids is 1. The molecule has 1 unspecified atom stereocenters. The van der Waals surface area contributed by atoms with Crippen molar-refractivity contribution in [1.29, 1.82) is 0 Å². The lowest BCUT2D eigenvalue weighted by molar-refractivity contribution is -0.158. The monoisotopic (exact) mass is 308 g/mol. The second kappa shape index (κ2) is 6.12. The van der Waals surface area contributed by atoms with Gasteiger partial charge >= 0.3 is 6.18 Å². The van der Waals surface area contributed by atoms with Crippen molar-refractivity contribution in [3.05, 3.63) is 0 Å². The molecule has 1 atom stereocenters. The third-order valence-electron chi connectivity index (χ3n) is 4.51. The summed E-state index contributed by atoms with van der Waals surface area (Å²) in [6, 6.07) is -0.317. The number of amides is 1. The van der Waals surface area contributed by atoms with Crippen molar-refractivity contribution < 1.29 is 23.1 Å². The van der Waals surface area contributed by atoms with Crippen LogP contribution < -0.4 is 0 Å². The normalized spacial score (nSPS) is 27.1. The van der Waals surface area contributed by atoms with E-state index in [9.17, 15) is 23.1 Å². The minimum absolute atomic E-state index is 0.0962. The number of alkyl halides is 3. The molecular weight excluding hydrogens is 285 g/mol. The fourth-order valence-corrected chi connectivity index (χ4v) is 3.29. The van der Waals surface area contributed by atoms with E-state index in [-0.39, 0.29) is 24.9 Å². The smallest absolute Gasteiger partial charge is 0.389 e. The molecule has 0 radical (unpaired) electrons. The van der Waals surface area contributed by atoms with E-state index in [2.05, 4.69) is 0 Å². The zero-order valence-electron chi connectivity index (χ0n) is 12.3. The maximum absolute atomic E-state index is 12.4. The summed E-state index contributed by atoms with van der Waals surface area (Å²) in [5.74, 6) is -0.141. The number of aliphatic hydroxyl groups is 1. The summed E-state index contributed by atoms with van der Waals surface area (Å²) in [6.45, 7) is 1.60. The lowest BCUT2D eigenvalue weighted by Gasteiger charge is -2.40. The van der Waals surface area contributed by atoms with Crippen LogP contribution in [-0.4, -0.2) is 64.8 Å². The molecule has 0 aromatic heterocycles. The van der Waals surface area contributed by atoms with Gasteiger partial charge in [-0.25, -0.2) is 0 Å². The van der Waals surface area contributed by atoms with Crippen LogP contribution in [0.4, 0.5) is 13.2 Å². The van der Waals surface area contributed by atoms with Gasteiger partial charge < -0.3 is 10.0 Å².